The van der Waals surface area contributed by atoms with E-state index in [1.807, 2.05) is 13.0 Å². The standard InChI is InChI=1S/C19H20Cl2N2O3S/c1-13-5-8-18(17(21)11-13)22-19(24)15-12-14(6-7-16(15)20)27(25,26)23-9-3-2-4-10-23/h5-8,11-12H,2-4,9-10H2,1H3,(H,22,24). The van der Waals surface area contributed by atoms with E-state index in [9.17, 15) is 13.2 Å². The molecule has 1 saturated heterocycles. The Morgan fingerprint density at radius 1 is 1.00 bits per heavy atom. The average Bonchev–Trinajstić information content (AvgIpc) is 2.65. The van der Waals surface area contributed by atoms with E-state index < -0.39 is 15.9 Å². The van der Waals surface area contributed by atoms with Crippen LogP contribution in [-0.2, 0) is 10.0 Å². The molecule has 0 aromatic heterocycles. The number of sulfonamides is 1. The van der Waals surface area contributed by atoms with E-state index in [-0.39, 0.29) is 15.5 Å². The molecule has 1 aliphatic rings. The Hall–Kier alpha value is -1.60. The molecule has 5 nitrogen and oxygen atoms in total. The minimum Gasteiger partial charge on any atom is -0.321 e. The second-order valence-corrected chi connectivity index (χ2v) is 9.30. The smallest absolute Gasteiger partial charge is 0.257 e. The van der Waals surface area contributed by atoms with Gasteiger partial charge in [-0.05, 0) is 55.7 Å². The van der Waals surface area contributed by atoms with Gasteiger partial charge in [0.05, 0.1) is 26.2 Å². The van der Waals surface area contributed by atoms with Crippen LogP contribution in [0.3, 0.4) is 0 Å². The maximum Gasteiger partial charge on any atom is 0.257 e. The predicted octanol–water partition coefficient (Wildman–Crippen LogP) is 4.73. The fourth-order valence-electron chi connectivity index (χ4n) is 3.00. The summed E-state index contributed by atoms with van der Waals surface area (Å²) in [5, 5.41) is 3.26. The first kappa shape index (κ1) is 20.1. The van der Waals surface area contributed by atoms with E-state index in [1.165, 1.54) is 22.5 Å². The summed E-state index contributed by atoms with van der Waals surface area (Å²) in [5.41, 5.74) is 1.49. The molecule has 1 N–H and O–H groups in total. The maximum absolute atomic E-state index is 12.9. The quantitative estimate of drug-likeness (QED) is 0.767. The number of nitrogens with zero attached hydrogens (tertiary/aromatic N) is 1. The van der Waals surface area contributed by atoms with Crippen molar-refractivity contribution < 1.29 is 13.2 Å². The Kier molecular flexibility index (Phi) is 6.11. The lowest BCUT2D eigenvalue weighted by molar-refractivity contribution is 0.102. The number of hydrogen-bond donors (Lipinski definition) is 1. The summed E-state index contributed by atoms with van der Waals surface area (Å²) in [5.74, 6) is -0.513. The highest BCUT2D eigenvalue weighted by atomic mass is 35.5. The van der Waals surface area contributed by atoms with E-state index in [1.54, 1.807) is 12.1 Å². The van der Waals surface area contributed by atoms with Crippen LogP contribution in [0.1, 0.15) is 35.2 Å². The molecular weight excluding hydrogens is 407 g/mol. The van der Waals surface area contributed by atoms with Crippen LogP contribution in [0.25, 0.3) is 0 Å². The molecule has 0 unspecified atom stereocenters. The molecule has 0 aliphatic carbocycles. The molecular formula is C19H20Cl2N2O3S. The Morgan fingerprint density at radius 2 is 1.70 bits per heavy atom. The number of rotatable bonds is 4. The Bertz CT molecular complexity index is 971. The van der Waals surface area contributed by atoms with E-state index in [0.29, 0.717) is 23.8 Å². The summed E-state index contributed by atoms with van der Waals surface area (Å²) in [6.45, 7) is 2.88. The Labute approximate surface area is 169 Å². The van der Waals surface area contributed by atoms with Gasteiger partial charge in [0, 0.05) is 13.1 Å². The minimum atomic E-state index is -3.65. The van der Waals surface area contributed by atoms with Crippen LogP contribution in [0.5, 0.6) is 0 Å². The van der Waals surface area contributed by atoms with Gasteiger partial charge in [0.1, 0.15) is 0 Å². The van der Waals surface area contributed by atoms with Gasteiger partial charge in [-0.2, -0.15) is 4.31 Å². The number of aryl methyl sites for hydroxylation is 1. The van der Waals surface area contributed by atoms with Crippen molar-refractivity contribution in [3.8, 4) is 0 Å². The minimum absolute atomic E-state index is 0.0638. The third kappa shape index (κ3) is 4.46. The second-order valence-electron chi connectivity index (χ2n) is 6.54. The lowest BCUT2D eigenvalue weighted by Crippen LogP contribution is -2.35. The molecule has 1 heterocycles. The van der Waals surface area contributed by atoms with Gasteiger partial charge in [0.25, 0.3) is 5.91 Å². The molecule has 0 spiro atoms. The molecule has 0 radical (unpaired) electrons. The number of anilines is 1. The van der Waals surface area contributed by atoms with Crippen LogP contribution in [-0.4, -0.2) is 31.7 Å². The van der Waals surface area contributed by atoms with Gasteiger partial charge >= 0.3 is 0 Å². The first-order valence-electron chi connectivity index (χ1n) is 8.66. The molecule has 3 rings (SSSR count). The molecule has 1 amide bonds. The zero-order chi connectivity index (χ0) is 19.6. The van der Waals surface area contributed by atoms with Crippen molar-refractivity contribution in [3.05, 3.63) is 57.6 Å². The van der Waals surface area contributed by atoms with Crippen LogP contribution in [0.15, 0.2) is 41.3 Å². The molecule has 144 valence electrons. The van der Waals surface area contributed by atoms with Crippen LogP contribution in [0.4, 0.5) is 5.69 Å². The normalized spacial score (nSPS) is 15.5. The van der Waals surface area contributed by atoms with Gasteiger partial charge in [0.15, 0.2) is 0 Å². The fraction of sp³-hybridized carbons (Fsp3) is 0.316. The summed E-state index contributed by atoms with van der Waals surface area (Å²) in [6.07, 6.45) is 2.70. The SMILES string of the molecule is Cc1ccc(NC(=O)c2cc(S(=O)(=O)N3CCCCC3)ccc2Cl)c(Cl)c1. The van der Waals surface area contributed by atoms with Crippen molar-refractivity contribution >= 4 is 44.8 Å². The van der Waals surface area contributed by atoms with E-state index >= 15 is 0 Å². The lowest BCUT2D eigenvalue weighted by Gasteiger charge is -2.26. The fourth-order valence-corrected chi connectivity index (χ4v) is 5.03. The van der Waals surface area contributed by atoms with Crippen molar-refractivity contribution in [1.82, 2.24) is 4.31 Å². The topological polar surface area (TPSA) is 66.5 Å². The number of amides is 1. The molecule has 27 heavy (non-hydrogen) atoms. The number of piperidine rings is 1. The number of carbonyl (C=O) groups excluding carboxylic acids is 1. The van der Waals surface area contributed by atoms with Gasteiger partial charge in [0.2, 0.25) is 10.0 Å². The number of benzene rings is 2. The van der Waals surface area contributed by atoms with Crippen molar-refractivity contribution in [1.29, 1.82) is 0 Å². The highest BCUT2D eigenvalue weighted by molar-refractivity contribution is 7.89. The van der Waals surface area contributed by atoms with Gasteiger partial charge in [-0.15, -0.1) is 0 Å². The molecule has 8 heteroatoms. The highest BCUT2D eigenvalue weighted by Gasteiger charge is 2.27. The van der Waals surface area contributed by atoms with Crippen LogP contribution >= 0.6 is 23.2 Å². The number of nitrogens with one attached hydrogen (secondary N) is 1. The summed E-state index contributed by atoms with van der Waals surface area (Å²) in [4.78, 5) is 12.7. The van der Waals surface area contributed by atoms with E-state index in [2.05, 4.69) is 5.32 Å². The second kappa shape index (κ2) is 8.19. The zero-order valence-electron chi connectivity index (χ0n) is 14.8. The third-order valence-electron chi connectivity index (χ3n) is 4.51. The monoisotopic (exact) mass is 426 g/mol. The zero-order valence-corrected chi connectivity index (χ0v) is 17.2. The largest absolute Gasteiger partial charge is 0.321 e. The van der Waals surface area contributed by atoms with Gasteiger partial charge in [-0.3, -0.25) is 4.79 Å². The highest BCUT2D eigenvalue weighted by Crippen LogP contribution is 2.27. The Morgan fingerprint density at radius 3 is 2.37 bits per heavy atom. The lowest BCUT2D eigenvalue weighted by atomic mass is 10.2. The molecule has 2 aromatic rings. The summed E-state index contributed by atoms with van der Waals surface area (Å²) in [6, 6.07) is 9.43. The van der Waals surface area contributed by atoms with Gasteiger partial charge in [-0.1, -0.05) is 35.7 Å². The van der Waals surface area contributed by atoms with Crippen molar-refractivity contribution in [3.63, 3.8) is 0 Å². The molecule has 2 aromatic carbocycles. The van der Waals surface area contributed by atoms with Crippen LogP contribution in [0, 0.1) is 6.92 Å². The van der Waals surface area contributed by atoms with Crippen molar-refractivity contribution in [2.45, 2.75) is 31.1 Å². The number of halogens is 2. The number of hydrogen-bond acceptors (Lipinski definition) is 3. The molecule has 0 atom stereocenters. The molecule has 0 bridgehead atoms. The predicted molar refractivity (Wildman–Crippen MR) is 108 cm³/mol. The maximum atomic E-state index is 12.9. The summed E-state index contributed by atoms with van der Waals surface area (Å²) >= 11 is 12.3. The molecule has 1 fully saturated rings. The third-order valence-corrected chi connectivity index (χ3v) is 7.04. The Balaban J connectivity index is 1.89. The molecule has 0 saturated carbocycles. The number of carbonyl (C=O) groups is 1. The van der Waals surface area contributed by atoms with Crippen molar-refractivity contribution in [2.75, 3.05) is 18.4 Å². The average molecular weight is 427 g/mol. The van der Waals surface area contributed by atoms with Gasteiger partial charge < -0.3 is 5.32 Å². The van der Waals surface area contributed by atoms with Crippen LogP contribution in [0.2, 0.25) is 10.0 Å². The first-order chi connectivity index (χ1) is 12.8. The van der Waals surface area contributed by atoms with E-state index in [0.717, 1.165) is 24.8 Å². The van der Waals surface area contributed by atoms with Crippen molar-refractivity contribution in [2.24, 2.45) is 0 Å². The van der Waals surface area contributed by atoms with Crippen LogP contribution < -0.4 is 5.32 Å². The van der Waals surface area contributed by atoms with E-state index in [4.69, 9.17) is 23.2 Å². The van der Waals surface area contributed by atoms with Gasteiger partial charge in [-0.25, -0.2) is 8.42 Å². The summed E-state index contributed by atoms with van der Waals surface area (Å²) in [7, 11) is -3.65. The molecule has 1 aliphatic heterocycles. The first-order valence-corrected chi connectivity index (χ1v) is 10.9. The summed E-state index contributed by atoms with van der Waals surface area (Å²) < 4.78 is 27.2.